The Bertz CT molecular complexity index is 843. The molecule has 0 spiro atoms. The molecule has 0 radical (unpaired) electrons. The van der Waals surface area contributed by atoms with E-state index in [4.69, 9.17) is 9.84 Å². The van der Waals surface area contributed by atoms with Crippen molar-refractivity contribution in [2.45, 2.75) is 50.5 Å². The predicted octanol–water partition coefficient (Wildman–Crippen LogP) is 4.93. The number of aliphatic carboxylic acids is 1. The highest BCUT2D eigenvalue weighted by atomic mass is 19.1. The molecule has 4 nitrogen and oxygen atoms in total. The van der Waals surface area contributed by atoms with Gasteiger partial charge in [-0.05, 0) is 62.1 Å². The molecule has 2 fully saturated rings. The summed E-state index contributed by atoms with van der Waals surface area (Å²) in [5.41, 5.74) is 0.904. The molecule has 2 unspecified atom stereocenters. The number of halogens is 2. The number of benzene rings is 1. The van der Waals surface area contributed by atoms with Gasteiger partial charge in [-0.1, -0.05) is 6.07 Å². The SMILES string of the molecule is O=C(O)CCC1CC1c1c(F)cc(-c2cccc(OC3CCC3)n2)cc1F. The van der Waals surface area contributed by atoms with E-state index in [1.54, 1.807) is 18.2 Å². The molecule has 4 rings (SSSR count). The van der Waals surface area contributed by atoms with Gasteiger partial charge >= 0.3 is 5.97 Å². The molecular weight excluding hydrogens is 352 g/mol. The molecule has 27 heavy (non-hydrogen) atoms. The standard InChI is InChI=1S/C21H21F2NO3/c22-16-10-13(18-5-2-6-19(24-18)27-14-3-1-4-14)11-17(23)21(16)15-9-12(15)7-8-20(25)26/h2,5-6,10-12,14-15H,1,3-4,7-9H2,(H,25,26). The van der Waals surface area contributed by atoms with Gasteiger partial charge in [0.05, 0.1) is 5.69 Å². The van der Waals surface area contributed by atoms with Crippen molar-refractivity contribution in [1.29, 1.82) is 0 Å². The van der Waals surface area contributed by atoms with Gasteiger partial charge in [-0.3, -0.25) is 4.79 Å². The number of aromatic nitrogens is 1. The molecule has 6 heteroatoms. The zero-order chi connectivity index (χ0) is 19.0. The molecule has 2 atom stereocenters. The van der Waals surface area contributed by atoms with Crippen LogP contribution in [0.5, 0.6) is 5.88 Å². The molecular formula is C21H21F2NO3. The molecule has 1 aromatic carbocycles. The maximum absolute atomic E-state index is 14.6. The summed E-state index contributed by atoms with van der Waals surface area (Å²) in [4.78, 5) is 15.0. The number of hydrogen-bond acceptors (Lipinski definition) is 3. The molecule has 142 valence electrons. The van der Waals surface area contributed by atoms with Crippen LogP contribution < -0.4 is 4.74 Å². The number of carbonyl (C=O) groups is 1. The Balaban J connectivity index is 1.52. The summed E-state index contributed by atoms with van der Waals surface area (Å²) >= 11 is 0. The molecule has 2 saturated carbocycles. The van der Waals surface area contributed by atoms with Crippen molar-refractivity contribution in [3.63, 3.8) is 0 Å². The second-order valence-electron chi connectivity index (χ2n) is 7.42. The number of carboxylic acids is 1. The Morgan fingerprint density at radius 1 is 1.22 bits per heavy atom. The second kappa shape index (κ2) is 7.25. The van der Waals surface area contributed by atoms with Crippen LogP contribution >= 0.6 is 0 Å². The topological polar surface area (TPSA) is 59.4 Å². The van der Waals surface area contributed by atoms with Crippen molar-refractivity contribution < 1.29 is 23.4 Å². The molecule has 2 aromatic rings. The van der Waals surface area contributed by atoms with E-state index >= 15 is 0 Å². The van der Waals surface area contributed by atoms with Gasteiger partial charge in [0.2, 0.25) is 5.88 Å². The summed E-state index contributed by atoms with van der Waals surface area (Å²) < 4.78 is 35.0. The van der Waals surface area contributed by atoms with E-state index < -0.39 is 17.6 Å². The van der Waals surface area contributed by atoms with Crippen LogP contribution in [0, 0.1) is 17.6 Å². The van der Waals surface area contributed by atoms with E-state index in [-0.39, 0.29) is 29.9 Å². The molecule has 0 amide bonds. The summed E-state index contributed by atoms with van der Waals surface area (Å²) in [5, 5.41) is 8.75. The number of pyridine rings is 1. The zero-order valence-corrected chi connectivity index (χ0v) is 14.8. The van der Waals surface area contributed by atoms with Crippen molar-refractivity contribution >= 4 is 5.97 Å². The van der Waals surface area contributed by atoms with E-state index in [0.29, 0.717) is 30.0 Å². The molecule has 2 aliphatic carbocycles. The van der Waals surface area contributed by atoms with Crippen LogP contribution in [-0.2, 0) is 4.79 Å². The maximum atomic E-state index is 14.6. The van der Waals surface area contributed by atoms with Gasteiger partial charge in [-0.2, -0.15) is 0 Å². The Morgan fingerprint density at radius 2 is 1.96 bits per heavy atom. The first-order valence-corrected chi connectivity index (χ1v) is 9.36. The molecule has 0 bridgehead atoms. The van der Waals surface area contributed by atoms with E-state index in [1.165, 1.54) is 12.1 Å². The summed E-state index contributed by atoms with van der Waals surface area (Å²) in [6, 6.07) is 7.83. The van der Waals surface area contributed by atoms with Gasteiger partial charge in [0.15, 0.2) is 0 Å². The fourth-order valence-corrected chi connectivity index (χ4v) is 3.62. The number of nitrogens with zero attached hydrogens (tertiary/aromatic N) is 1. The quantitative estimate of drug-likeness (QED) is 0.748. The van der Waals surface area contributed by atoms with Crippen molar-refractivity contribution in [2.75, 3.05) is 0 Å². The second-order valence-corrected chi connectivity index (χ2v) is 7.42. The lowest BCUT2D eigenvalue weighted by Gasteiger charge is -2.25. The number of hydrogen-bond donors (Lipinski definition) is 1. The van der Waals surface area contributed by atoms with Gasteiger partial charge in [0, 0.05) is 23.6 Å². The summed E-state index contributed by atoms with van der Waals surface area (Å²) in [5.74, 6) is -1.81. The minimum atomic E-state index is -0.882. The highest BCUT2D eigenvalue weighted by molar-refractivity contribution is 5.66. The highest BCUT2D eigenvalue weighted by Gasteiger charge is 2.41. The Morgan fingerprint density at radius 3 is 2.59 bits per heavy atom. The minimum absolute atomic E-state index is 0.0280. The van der Waals surface area contributed by atoms with E-state index in [2.05, 4.69) is 4.98 Å². The normalized spacial score (nSPS) is 21.6. The zero-order valence-electron chi connectivity index (χ0n) is 14.8. The maximum Gasteiger partial charge on any atom is 0.303 e. The van der Waals surface area contributed by atoms with Gasteiger partial charge in [-0.15, -0.1) is 0 Å². The number of ether oxygens (including phenoxy) is 1. The molecule has 0 aliphatic heterocycles. The fourth-order valence-electron chi connectivity index (χ4n) is 3.62. The molecule has 1 aromatic heterocycles. The van der Waals surface area contributed by atoms with Crippen LogP contribution in [0.3, 0.4) is 0 Å². The Hall–Kier alpha value is -2.50. The molecule has 1 N–H and O–H groups in total. The number of carboxylic acid groups (broad SMARTS) is 1. The predicted molar refractivity (Wildman–Crippen MR) is 95.6 cm³/mol. The highest BCUT2D eigenvalue weighted by Crippen LogP contribution is 2.52. The minimum Gasteiger partial charge on any atom is -0.481 e. The van der Waals surface area contributed by atoms with Crippen LogP contribution in [0.25, 0.3) is 11.3 Å². The smallest absolute Gasteiger partial charge is 0.303 e. The molecule has 0 saturated heterocycles. The van der Waals surface area contributed by atoms with Crippen LogP contribution in [0.1, 0.15) is 50.0 Å². The third kappa shape index (κ3) is 3.94. The number of rotatable bonds is 7. The van der Waals surface area contributed by atoms with Gasteiger partial charge < -0.3 is 9.84 Å². The Labute approximate surface area is 156 Å². The van der Waals surface area contributed by atoms with Crippen LogP contribution in [0.4, 0.5) is 8.78 Å². The first kappa shape index (κ1) is 17.9. The van der Waals surface area contributed by atoms with E-state index in [9.17, 15) is 13.6 Å². The lowest BCUT2D eigenvalue weighted by molar-refractivity contribution is -0.137. The van der Waals surface area contributed by atoms with Gasteiger partial charge in [-0.25, -0.2) is 13.8 Å². The van der Waals surface area contributed by atoms with Crippen molar-refractivity contribution in [2.24, 2.45) is 5.92 Å². The van der Waals surface area contributed by atoms with E-state index in [0.717, 1.165) is 19.3 Å². The average Bonchev–Trinajstić information content (AvgIpc) is 3.35. The van der Waals surface area contributed by atoms with Crippen LogP contribution in [0.15, 0.2) is 30.3 Å². The molecule has 1 heterocycles. The molecule has 2 aliphatic rings. The first-order chi connectivity index (χ1) is 13.0. The summed E-state index contributed by atoms with van der Waals surface area (Å²) in [7, 11) is 0. The monoisotopic (exact) mass is 373 g/mol. The van der Waals surface area contributed by atoms with Crippen molar-refractivity contribution in [3.05, 3.63) is 47.5 Å². The average molecular weight is 373 g/mol. The van der Waals surface area contributed by atoms with Gasteiger partial charge in [0.25, 0.3) is 0 Å². The lowest BCUT2D eigenvalue weighted by Crippen LogP contribution is -2.24. The van der Waals surface area contributed by atoms with Crippen LogP contribution in [-0.4, -0.2) is 22.2 Å². The summed E-state index contributed by atoms with van der Waals surface area (Å²) in [6.07, 6.45) is 4.45. The van der Waals surface area contributed by atoms with Crippen molar-refractivity contribution in [3.8, 4) is 17.1 Å². The Kier molecular flexibility index (Phi) is 4.81. The fraction of sp³-hybridized carbons (Fsp3) is 0.429. The third-order valence-corrected chi connectivity index (χ3v) is 5.46. The third-order valence-electron chi connectivity index (χ3n) is 5.46. The van der Waals surface area contributed by atoms with Gasteiger partial charge in [0.1, 0.15) is 17.7 Å². The van der Waals surface area contributed by atoms with E-state index in [1.807, 2.05) is 0 Å². The largest absolute Gasteiger partial charge is 0.481 e. The van der Waals surface area contributed by atoms with Crippen molar-refractivity contribution in [1.82, 2.24) is 4.98 Å². The summed E-state index contributed by atoms with van der Waals surface area (Å²) in [6.45, 7) is 0. The van der Waals surface area contributed by atoms with Crippen LogP contribution in [0.2, 0.25) is 0 Å². The lowest BCUT2D eigenvalue weighted by atomic mass is 9.96. The first-order valence-electron chi connectivity index (χ1n) is 9.36.